The summed E-state index contributed by atoms with van der Waals surface area (Å²) < 4.78 is 7.84. The van der Waals surface area contributed by atoms with Gasteiger partial charge in [0, 0.05) is 37.5 Å². The molecule has 2 aromatic heterocycles. The molecule has 4 rings (SSSR count). The Morgan fingerprint density at radius 2 is 2.33 bits per heavy atom. The summed E-state index contributed by atoms with van der Waals surface area (Å²) in [5.41, 5.74) is 1.67. The number of nitrogens with zero attached hydrogens (tertiary/aromatic N) is 4. The van der Waals surface area contributed by atoms with Crippen LogP contribution in [-0.4, -0.2) is 55.3 Å². The van der Waals surface area contributed by atoms with E-state index in [1.165, 1.54) is 0 Å². The van der Waals surface area contributed by atoms with E-state index in [-0.39, 0.29) is 16.8 Å². The molecule has 2 saturated heterocycles. The molecule has 2 aromatic rings. The maximum absolute atomic E-state index is 12.5. The van der Waals surface area contributed by atoms with Crippen LogP contribution in [0.5, 0.6) is 0 Å². The van der Waals surface area contributed by atoms with Crippen LogP contribution in [0, 0.1) is 6.92 Å². The topological polar surface area (TPSA) is 60.2 Å². The van der Waals surface area contributed by atoms with Gasteiger partial charge in [-0.25, -0.2) is 4.98 Å². The monoisotopic (exact) mass is 364 g/mol. The van der Waals surface area contributed by atoms with Crippen LogP contribution in [-0.2, 0) is 18.4 Å². The Kier molecular flexibility index (Phi) is 4.14. The van der Waals surface area contributed by atoms with Crippen molar-refractivity contribution in [3.05, 3.63) is 34.0 Å². The van der Waals surface area contributed by atoms with E-state index >= 15 is 0 Å². The van der Waals surface area contributed by atoms with Crippen LogP contribution in [0.4, 0.5) is 0 Å². The fourth-order valence-corrected chi connectivity index (χ4v) is 5.50. The third-order valence-corrected chi connectivity index (χ3v) is 6.99. The number of likely N-dealkylation sites (tertiary alicyclic amines) is 1. The molecule has 0 radical (unpaired) electrons. The summed E-state index contributed by atoms with van der Waals surface area (Å²) in [7, 11) is 1.80. The Labute approximate surface area is 149 Å². The average Bonchev–Trinajstić information content (AvgIpc) is 3.22. The molecule has 2 fully saturated rings. The van der Waals surface area contributed by atoms with Gasteiger partial charge in [-0.05, 0) is 19.4 Å². The summed E-state index contributed by atoms with van der Waals surface area (Å²) in [5.74, 6) is 1.07. The number of hydrogen-bond acceptors (Lipinski definition) is 6. The molecule has 0 N–H and O–H groups in total. The van der Waals surface area contributed by atoms with Crippen LogP contribution < -0.4 is 0 Å². The van der Waals surface area contributed by atoms with E-state index in [0.29, 0.717) is 12.3 Å². The number of thiazole rings is 1. The first-order chi connectivity index (χ1) is 11.5. The zero-order valence-electron chi connectivity index (χ0n) is 13.8. The number of hydrogen-bond donors (Lipinski definition) is 0. The van der Waals surface area contributed by atoms with Crippen molar-refractivity contribution < 1.29 is 9.53 Å². The van der Waals surface area contributed by atoms with Gasteiger partial charge in [0.1, 0.15) is 5.69 Å². The Hall–Kier alpha value is -1.38. The molecule has 1 atom stereocenters. The third-order valence-electron chi connectivity index (χ3n) is 4.59. The molecule has 8 heteroatoms. The highest BCUT2D eigenvalue weighted by Crippen LogP contribution is 2.46. The molecule has 0 bridgehead atoms. The second-order valence-corrected chi connectivity index (χ2v) is 9.04. The molecule has 0 aliphatic carbocycles. The molecule has 0 aromatic carbocycles. The van der Waals surface area contributed by atoms with Crippen LogP contribution in [0.1, 0.15) is 27.6 Å². The fourth-order valence-electron chi connectivity index (χ4n) is 3.35. The van der Waals surface area contributed by atoms with E-state index in [4.69, 9.17) is 4.74 Å². The molecule has 2 aliphatic heterocycles. The quantitative estimate of drug-likeness (QED) is 0.831. The van der Waals surface area contributed by atoms with Crippen molar-refractivity contribution in [1.82, 2.24) is 19.7 Å². The van der Waals surface area contributed by atoms with E-state index in [9.17, 15) is 4.79 Å². The van der Waals surface area contributed by atoms with E-state index in [0.717, 1.165) is 36.0 Å². The first kappa shape index (κ1) is 16.1. The second kappa shape index (κ2) is 6.16. The summed E-state index contributed by atoms with van der Waals surface area (Å²) >= 11 is 3.60. The molecule has 1 amide bonds. The second-order valence-electron chi connectivity index (χ2n) is 6.49. The van der Waals surface area contributed by atoms with Gasteiger partial charge in [0.15, 0.2) is 0 Å². The van der Waals surface area contributed by atoms with Crippen molar-refractivity contribution in [3.8, 4) is 0 Å². The lowest BCUT2D eigenvalue weighted by Crippen LogP contribution is -2.61. The van der Waals surface area contributed by atoms with Gasteiger partial charge in [0.05, 0.1) is 28.2 Å². The Balaban J connectivity index is 1.28. The normalized spacial score (nSPS) is 22.1. The molecular formula is C16H20N4O2S2. The number of carbonyl (C=O) groups is 1. The molecule has 24 heavy (non-hydrogen) atoms. The maximum atomic E-state index is 12.5. The van der Waals surface area contributed by atoms with Crippen LogP contribution in [0.15, 0.2) is 17.6 Å². The number of thioether (sulfide) groups is 1. The third kappa shape index (κ3) is 2.98. The highest BCUT2D eigenvalue weighted by atomic mass is 32.2. The minimum Gasteiger partial charge on any atom is -0.371 e. The Morgan fingerprint density at radius 1 is 1.50 bits per heavy atom. The summed E-state index contributed by atoms with van der Waals surface area (Å²) in [4.78, 5) is 18.8. The first-order valence-corrected chi connectivity index (χ1v) is 9.85. The van der Waals surface area contributed by atoms with E-state index in [1.54, 1.807) is 35.3 Å². The summed E-state index contributed by atoms with van der Waals surface area (Å²) in [6.07, 6.45) is 2.93. The average molecular weight is 364 g/mol. The zero-order chi connectivity index (χ0) is 16.7. The molecule has 1 spiro atoms. The van der Waals surface area contributed by atoms with Crippen LogP contribution in [0.3, 0.4) is 0 Å². The molecule has 2 aliphatic rings. The Bertz CT molecular complexity index is 751. The number of ether oxygens (including phenoxy) is 1. The summed E-state index contributed by atoms with van der Waals surface area (Å²) in [6, 6.07) is 1.77. The first-order valence-electron chi connectivity index (χ1n) is 7.98. The largest absolute Gasteiger partial charge is 0.371 e. The van der Waals surface area contributed by atoms with Gasteiger partial charge in [-0.15, -0.1) is 23.1 Å². The number of aryl methyl sites for hydroxylation is 2. The highest BCUT2D eigenvalue weighted by molar-refractivity contribution is 8.01. The van der Waals surface area contributed by atoms with Gasteiger partial charge in [-0.3, -0.25) is 9.48 Å². The van der Waals surface area contributed by atoms with Crippen molar-refractivity contribution in [2.75, 3.05) is 18.8 Å². The van der Waals surface area contributed by atoms with Crippen molar-refractivity contribution >= 4 is 29.0 Å². The van der Waals surface area contributed by atoms with E-state index in [1.807, 2.05) is 23.6 Å². The predicted molar refractivity (Wildman–Crippen MR) is 94.3 cm³/mol. The molecule has 4 heterocycles. The van der Waals surface area contributed by atoms with Crippen molar-refractivity contribution in [2.45, 2.75) is 30.8 Å². The SMILES string of the molecule is Cc1nc(CO[C@H]2CSC3(C2)CN(C(=O)c2ccnn2C)C3)cs1. The lowest BCUT2D eigenvalue weighted by atomic mass is 9.92. The lowest BCUT2D eigenvalue weighted by Gasteiger charge is -2.47. The zero-order valence-corrected chi connectivity index (χ0v) is 15.4. The predicted octanol–water partition coefficient (Wildman–Crippen LogP) is 2.10. The van der Waals surface area contributed by atoms with Gasteiger partial charge in [0.25, 0.3) is 5.91 Å². The maximum Gasteiger partial charge on any atom is 0.272 e. The summed E-state index contributed by atoms with van der Waals surface area (Å²) in [6.45, 7) is 4.20. The minimum absolute atomic E-state index is 0.0727. The van der Waals surface area contributed by atoms with Gasteiger partial charge >= 0.3 is 0 Å². The van der Waals surface area contributed by atoms with Gasteiger partial charge in [0.2, 0.25) is 0 Å². The molecule has 6 nitrogen and oxygen atoms in total. The number of rotatable bonds is 4. The molecular weight excluding hydrogens is 344 g/mol. The van der Waals surface area contributed by atoms with E-state index < -0.39 is 0 Å². The molecule has 0 saturated carbocycles. The lowest BCUT2D eigenvalue weighted by molar-refractivity contribution is 0.0242. The van der Waals surface area contributed by atoms with Crippen molar-refractivity contribution in [1.29, 1.82) is 0 Å². The molecule has 128 valence electrons. The number of amides is 1. The standard InChI is InChI=1S/C16H20N4O2S2/c1-11-18-12(7-23-11)6-22-13-5-16(24-8-13)9-20(10-16)15(21)14-3-4-17-19(14)2/h3-4,7,13H,5-6,8-10H2,1-2H3/t13-/m1/s1. The van der Waals surface area contributed by atoms with Crippen LogP contribution in [0.2, 0.25) is 0 Å². The number of aromatic nitrogens is 3. The van der Waals surface area contributed by atoms with Crippen molar-refractivity contribution in [3.63, 3.8) is 0 Å². The van der Waals surface area contributed by atoms with E-state index in [2.05, 4.69) is 15.5 Å². The van der Waals surface area contributed by atoms with Gasteiger partial charge in [-0.2, -0.15) is 5.10 Å². The Morgan fingerprint density at radius 3 is 3.00 bits per heavy atom. The fraction of sp³-hybridized carbons (Fsp3) is 0.562. The molecule has 0 unspecified atom stereocenters. The van der Waals surface area contributed by atoms with Crippen LogP contribution in [0.25, 0.3) is 0 Å². The smallest absolute Gasteiger partial charge is 0.272 e. The van der Waals surface area contributed by atoms with Gasteiger partial charge in [-0.1, -0.05) is 0 Å². The number of carbonyl (C=O) groups excluding carboxylic acids is 1. The van der Waals surface area contributed by atoms with Crippen LogP contribution >= 0.6 is 23.1 Å². The highest BCUT2D eigenvalue weighted by Gasteiger charge is 2.51. The minimum atomic E-state index is 0.0727. The van der Waals surface area contributed by atoms with Gasteiger partial charge < -0.3 is 9.64 Å². The van der Waals surface area contributed by atoms with Crippen molar-refractivity contribution in [2.24, 2.45) is 7.05 Å². The summed E-state index contributed by atoms with van der Waals surface area (Å²) in [5, 5.41) is 7.21.